The molecule has 1 N–H and O–H groups in total. The summed E-state index contributed by atoms with van der Waals surface area (Å²) in [6.07, 6.45) is -0.346. The lowest BCUT2D eigenvalue weighted by atomic mass is 9.93. The molecular formula is C17H18N2O. The predicted molar refractivity (Wildman–Crippen MR) is 79.9 cm³/mol. The molecule has 20 heavy (non-hydrogen) atoms. The maximum Gasteiger partial charge on any atom is 0.151 e. The first kappa shape index (κ1) is 13.0. The molecule has 0 bridgehead atoms. The van der Waals surface area contributed by atoms with Gasteiger partial charge in [-0.1, -0.05) is 60.7 Å². The molecule has 3 heteroatoms. The van der Waals surface area contributed by atoms with Crippen molar-refractivity contribution in [1.29, 1.82) is 0 Å². The molecule has 0 radical (unpaired) electrons. The van der Waals surface area contributed by atoms with Crippen molar-refractivity contribution in [3.05, 3.63) is 71.8 Å². The SMILES string of the molecule is CC1(C)C(c2ccccc2)=N[C@@H](c2ccccc2)N1O. The van der Waals surface area contributed by atoms with Crippen LogP contribution in [-0.2, 0) is 0 Å². The zero-order valence-corrected chi connectivity index (χ0v) is 11.7. The second kappa shape index (κ2) is 4.85. The van der Waals surface area contributed by atoms with Gasteiger partial charge >= 0.3 is 0 Å². The average Bonchev–Trinajstić information content (AvgIpc) is 2.72. The summed E-state index contributed by atoms with van der Waals surface area (Å²) >= 11 is 0. The zero-order chi connectivity index (χ0) is 14.2. The van der Waals surface area contributed by atoms with Crippen LogP contribution in [0.5, 0.6) is 0 Å². The van der Waals surface area contributed by atoms with Gasteiger partial charge in [0, 0.05) is 0 Å². The van der Waals surface area contributed by atoms with Crippen molar-refractivity contribution in [1.82, 2.24) is 5.06 Å². The van der Waals surface area contributed by atoms with Crippen molar-refractivity contribution >= 4 is 5.71 Å². The summed E-state index contributed by atoms with van der Waals surface area (Å²) in [7, 11) is 0. The van der Waals surface area contributed by atoms with Crippen LogP contribution in [0.25, 0.3) is 0 Å². The van der Waals surface area contributed by atoms with Gasteiger partial charge in [-0.3, -0.25) is 4.99 Å². The monoisotopic (exact) mass is 266 g/mol. The number of benzene rings is 2. The number of aliphatic imine (C=N–C) groups is 1. The van der Waals surface area contributed by atoms with Crippen LogP contribution in [0.1, 0.15) is 31.1 Å². The predicted octanol–water partition coefficient (Wildman–Crippen LogP) is 3.66. The highest BCUT2D eigenvalue weighted by molar-refractivity contribution is 6.07. The molecule has 1 atom stereocenters. The zero-order valence-electron chi connectivity index (χ0n) is 11.7. The Morgan fingerprint density at radius 1 is 0.950 bits per heavy atom. The summed E-state index contributed by atoms with van der Waals surface area (Å²) in [5, 5.41) is 11.9. The molecule has 0 amide bonds. The van der Waals surface area contributed by atoms with Gasteiger partial charge < -0.3 is 5.21 Å². The number of rotatable bonds is 2. The van der Waals surface area contributed by atoms with Crippen LogP contribution in [-0.4, -0.2) is 21.5 Å². The Balaban J connectivity index is 2.05. The molecule has 0 saturated heterocycles. The second-order valence-corrected chi connectivity index (χ2v) is 5.53. The summed E-state index contributed by atoms with van der Waals surface area (Å²) < 4.78 is 0. The van der Waals surface area contributed by atoms with E-state index < -0.39 is 5.54 Å². The second-order valence-electron chi connectivity index (χ2n) is 5.53. The van der Waals surface area contributed by atoms with Gasteiger partial charge in [-0.25, -0.2) is 0 Å². The van der Waals surface area contributed by atoms with Crippen molar-refractivity contribution in [2.45, 2.75) is 25.6 Å². The van der Waals surface area contributed by atoms with E-state index >= 15 is 0 Å². The van der Waals surface area contributed by atoms with Gasteiger partial charge in [0.2, 0.25) is 0 Å². The van der Waals surface area contributed by atoms with Gasteiger partial charge in [0.05, 0.1) is 11.3 Å². The lowest BCUT2D eigenvalue weighted by molar-refractivity contribution is -0.159. The molecule has 2 aromatic carbocycles. The van der Waals surface area contributed by atoms with Gasteiger partial charge in [-0.15, -0.1) is 0 Å². The Labute approximate surface area is 119 Å². The lowest BCUT2D eigenvalue weighted by Gasteiger charge is -2.30. The van der Waals surface area contributed by atoms with Crippen LogP contribution < -0.4 is 0 Å². The van der Waals surface area contributed by atoms with E-state index in [1.165, 1.54) is 5.06 Å². The minimum Gasteiger partial charge on any atom is -0.311 e. The Bertz CT molecular complexity index is 620. The van der Waals surface area contributed by atoms with E-state index in [1.54, 1.807) is 0 Å². The Kier molecular flexibility index (Phi) is 3.16. The first-order valence-corrected chi connectivity index (χ1v) is 6.77. The standard InChI is InChI=1S/C17H18N2O/c1-17(2)15(13-9-5-3-6-10-13)18-16(19(17)20)14-11-7-4-8-12-14/h3-12,16,20H,1-2H3/t16-/m1/s1. The molecule has 0 fully saturated rings. The minimum absolute atomic E-state index is 0.346. The number of hydroxylamine groups is 2. The molecule has 0 spiro atoms. The molecule has 1 heterocycles. The summed E-state index contributed by atoms with van der Waals surface area (Å²) in [5.74, 6) is 0. The first-order chi connectivity index (χ1) is 9.60. The molecule has 1 aliphatic rings. The van der Waals surface area contributed by atoms with E-state index in [1.807, 2.05) is 74.5 Å². The van der Waals surface area contributed by atoms with Gasteiger partial charge in [-0.2, -0.15) is 5.06 Å². The fourth-order valence-electron chi connectivity index (χ4n) is 2.61. The van der Waals surface area contributed by atoms with E-state index in [2.05, 4.69) is 0 Å². The van der Waals surface area contributed by atoms with Crippen molar-refractivity contribution in [2.24, 2.45) is 4.99 Å². The molecule has 1 aliphatic heterocycles. The molecule has 2 aromatic rings. The highest BCUT2D eigenvalue weighted by atomic mass is 16.5. The van der Waals surface area contributed by atoms with E-state index in [4.69, 9.17) is 4.99 Å². The third-order valence-corrected chi connectivity index (χ3v) is 3.78. The normalized spacial score (nSPS) is 21.8. The maximum atomic E-state index is 10.5. The van der Waals surface area contributed by atoms with Gasteiger partial charge in [0.25, 0.3) is 0 Å². The molecule has 102 valence electrons. The Hall–Kier alpha value is -1.97. The van der Waals surface area contributed by atoms with Gasteiger partial charge in [0.1, 0.15) is 0 Å². The summed E-state index contributed by atoms with van der Waals surface area (Å²) in [6, 6.07) is 19.9. The summed E-state index contributed by atoms with van der Waals surface area (Å²) in [4.78, 5) is 4.75. The topological polar surface area (TPSA) is 35.8 Å². The molecule has 0 aliphatic carbocycles. The molecule has 3 rings (SSSR count). The highest BCUT2D eigenvalue weighted by Gasteiger charge is 2.43. The molecule has 0 saturated carbocycles. The van der Waals surface area contributed by atoms with Crippen LogP contribution >= 0.6 is 0 Å². The quantitative estimate of drug-likeness (QED) is 0.900. The van der Waals surface area contributed by atoms with Crippen LogP contribution in [0.4, 0.5) is 0 Å². The number of hydrogen-bond donors (Lipinski definition) is 1. The fraction of sp³-hybridized carbons (Fsp3) is 0.235. The Morgan fingerprint density at radius 2 is 1.50 bits per heavy atom. The third kappa shape index (κ3) is 2.05. The van der Waals surface area contributed by atoms with Crippen molar-refractivity contribution in [3.8, 4) is 0 Å². The first-order valence-electron chi connectivity index (χ1n) is 6.77. The average molecular weight is 266 g/mol. The number of nitrogens with zero attached hydrogens (tertiary/aromatic N) is 2. The van der Waals surface area contributed by atoms with E-state index in [9.17, 15) is 5.21 Å². The lowest BCUT2D eigenvalue weighted by Crippen LogP contribution is -2.44. The van der Waals surface area contributed by atoms with Crippen LogP contribution in [0.3, 0.4) is 0 Å². The van der Waals surface area contributed by atoms with Crippen molar-refractivity contribution < 1.29 is 5.21 Å². The molecular weight excluding hydrogens is 248 g/mol. The summed E-state index contributed by atoms with van der Waals surface area (Å²) in [6.45, 7) is 3.98. The van der Waals surface area contributed by atoms with E-state index in [0.29, 0.717) is 0 Å². The largest absolute Gasteiger partial charge is 0.311 e. The number of hydrogen-bond acceptors (Lipinski definition) is 3. The Morgan fingerprint density at radius 3 is 2.10 bits per heavy atom. The minimum atomic E-state index is -0.512. The van der Waals surface area contributed by atoms with Crippen molar-refractivity contribution in [3.63, 3.8) is 0 Å². The maximum absolute atomic E-state index is 10.5. The van der Waals surface area contributed by atoms with Crippen molar-refractivity contribution in [2.75, 3.05) is 0 Å². The molecule has 0 aromatic heterocycles. The third-order valence-electron chi connectivity index (χ3n) is 3.78. The molecule has 3 nitrogen and oxygen atoms in total. The van der Waals surface area contributed by atoms with Crippen LogP contribution in [0.15, 0.2) is 65.7 Å². The van der Waals surface area contributed by atoms with E-state index in [0.717, 1.165) is 16.8 Å². The summed E-state index contributed by atoms with van der Waals surface area (Å²) in [5.41, 5.74) is 2.44. The van der Waals surface area contributed by atoms with Crippen LogP contribution in [0, 0.1) is 0 Å². The highest BCUT2D eigenvalue weighted by Crippen LogP contribution is 2.37. The fourth-order valence-corrected chi connectivity index (χ4v) is 2.61. The smallest absolute Gasteiger partial charge is 0.151 e. The molecule has 0 unspecified atom stereocenters. The van der Waals surface area contributed by atoms with Crippen LogP contribution in [0.2, 0.25) is 0 Å². The van der Waals surface area contributed by atoms with Gasteiger partial charge in [0.15, 0.2) is 6.17 Å². The van der Waals surface area contributed by atoms with E-state index in [-0.39, 0.29) is 6.17 Å². The van der Waals surface area contributed by atoms with Gasteiger partial charge in [-0.05, 0) is 25.0 Å².